The summed E-state index contributed by atoms with van der Waals surface area (Å²) in [6.07, 6.45) is 0.684. The summed E-state index contributed by atoms with van der Waals surface area (Å²) in [5.41, 5.74) is 8.05. The van der Waals surface area contributed by atoms with Gasteiger partial charge in [-0.15, -0.1) is 0 Å². The third kappa shape index (κ3) is 8.04. The van der Waals surface area contributed by atoms with Crippen LogP contribution in [0.4, 0.5) is 0 Å². The molecule has 1 aliphatic heterocycles. The lowest BCUT2D eigenvalue weighted by Crippen LogP contribution is -2.54. The molecule has 5 rings (SSSR count). The van der Waals surface area contributed by atoms with Gasteiger partial charge in [-0.05, 0) is 77.7 Å². The Labute approximate surface area is 276 Å². The topological polar surface area (TPSA) is 101 Å². The summed E-state index contributed by atoms with van der Waals surface area (Å²) in [4.78, 5) is 19.5. The molecule has 0 unspecified atom stereocenters. The summed E-state index contributed by atoms with van der Waals surface area (Å²) in [6.45, 7) is 0.951. The van der Waals surface area contributed by atoms with E-state index in [1.165, 1.54) is 0 Å². The number of hydrogen-bond acceptors (Lipinski definition) is 7. The van der Waals surface area contributed by atoms with Crippen molar-refractivity contribution < 1.29 is 24.1 Å². The molecule has 4 aromatic rings. The molecule has 45 heavy (non-hydrogen) atoms. The van der Waals surface area contributed by atoms with E-state index in [1.54, 1.807) is 7.11 Å². The molecule has 4 aromatic carbocycles. The highest BCUT2D eigenvalue weighted by Crippen LogP contribution is 2.44. The fraction of sp³-hybridized carbons (Fsp3) is 0.257. The zero-order chi connectivity index (χ0) is 31.6. The second kappa shape index (κ2) is 15.4. The number of methoxy groups -OCH3 is 1. The molecule has 0 saturated carbocycles. The monoisotopic (exact) mass is 691 g/mol. The molecule has 3 N–H and O–H groups in total. The first kappa shape index (κ1) is 32.5. The van der Waals surface area contributed by atoms with Gasteiger partial charge in [0.1, 0.15) is 11.5 Å². The normalized spacial score (nSPS) is 17.3. The fourth-order valence-electron chi connectivity index (χ4n) is 5.17. The number of halogens is 2. The number of aliphatic hydroxyl groups excluding tert-OH is 1. The number of carbonyl (C=O) groups is 1. The van der Waals surface area contributed by atoms with Crippen molar-refractivity contribution in [3.63, 3.8) is 0 Å². The van der Waals surface area contributed by atoms with E-state index in [1.807, 2.05) is 97.1 Å². The molecule has 1 amide bonds. The number of hydrogen-bond donors (Lipinski definition) is 3. The molecule has 1 aliphatic rings. The Balaban J connectivity index is 1.50. The van der Waals surface area contributed by atoms with Crippen molar-refractivity contribution in [1.82, 2.24) is 10.9 Å². The molecule has 0 aliphatic carbocycles. The minimum Gasteiger partial charge on any atom is -0.497 e. The predicted octanol–water partition coefficient (Wildman–Crippen LogP) is 6.24. The Morgan fingerprint density at radius 1 is 1.02 bits per heavy atom. The largest absolute Gasteiger partial charge is 0.497 e. The van der Waals surface area contributed by atoms with Crippen LogP contribution in [-0.2, 0) is 22.4 Å². The van der Waals surface area contributed by atoms with Gasteiger partial charge in [0.15, 0.2) is 11.6 Å². The number of nitrogens with zero attached hydrogens (tertiary/aromatic N) is 1. The molecule has 0 radical (unpaired) electrons. The summed E-state index contributed by atoms with van der Waals surface area (Å²) < 4.78 is 18.7. The van der Waals surface area contributed by atoms with Crippen LogP contribution < -0.4 is 20.3 Å². The number of rotatable bonds is 14. The van der Waals surface area contributed by atoms with Crippen LogP contribution in [0.5, 0.6) is 11.5 Å². The Morgan fingerprint density at radius 2 is 1.82 bits per heavy atom. The summed E-state index contributed by atoms with van der Waals surface area (Å²) >= 11 is 9.82. The average Bonchev–Trinajstić information content (AvgIpc) is 3.45. The fourth-order valence-corrected chi connectivity index (χ4v) is 5.81. The molecule has 2 atom stereocenters. The van der Waals surface area contributed by atoms with Gasteiger partial charge in [-0.3, -0.25) is 10.2 Å². The average molecular weight is 693 g/mol. The van der Waals surface area contributed by atoms with Crippen LogP contribution >= 0.6 is 27.5 Å². The summed E-state index contributed by atoms with van der Waals surface area (Å²) in [5, 5.41) is 9.73. The van der Waals surface area contributed by atoms with Crippen molar-refractivity contribution in [1.29, 1.82) is 0 Å². The number of aliphatic hydroxyl groups is 1. The van der Waals surface area contributed by atoms with Crippen LogP contribution in [0.15, 0.2) is 107 Å². The van der Waals surface area contributed by atoms with E-state index in [-0.39, 0.29) is 18.9 Å². The van der Waals surface area contributed by atoms with E-state index in [0.29, 0.717) is 54.0 Å². The Hall–Kier alpha value is -3.89. The first-order valence-corrected chi connectivity index (χ1v) is 15.8. The van der Waals surface area contributed by atoms with Gasteiger partial charge in [0, 0.05) is 41.1 Å². The third-order valence-electron chi connectivity index (χ3n) is 7.47. The van der Waals surface area contributed by atoms with Gasteiger partial charge in [-0.2, -0.15) is 0 Å². The number of carbonyl (C=O) groups excluding carboxylic acids is 1. The molecule has 10 heteroatoms. The van der Waals surface area contributed by atoms with Crippen molar-refractivity contribution in [3.8, 4) is 11.5 Å². The molecule has 0 aromatic heterocycles. The van der Waals surface area contributed by atoms with Crippen molar-refractivity contribution in [2.45, 2.75) is 30.9 Å². The SMILES string of the molecule is COc1cccc([C@@H]2OC(c3ccc(OCCCO)cc3)=N[C@]2(Cc2ccccc2Br)C(=O)NNCCc2cccc(Cl)c2)c1. The highest BCUT2D eigenvalue weighted by Gasteiger charge is 2.53. The summed E-state index contributed by atoms with van der Waals surface area (Å²) in [6, 6.07) is 30.3. The molecule has 1 heterocycles. The standard InChI is InChI=1S/C35H35BrClN3O5/c1-43-30-11-5-9-26(22-30)32-35(23-27-8-2-3-12-31(27)36,34(42)40-38-18-17-24-7-4-10-28(37)21-24)39-33(45-32)25-13-15-29(16-14-25)44-20-6-19-41/h2-5,7-16,21-22,32,38,41H,6,17-20,23H2,1H3,(H,40,42)/t32-,35-/m0/s1. The third-order valence-corrected chi connectivity index (χ3v) is 8.48. The molecule has 0 spiro atoms. The van der Waals surface area contributed by atoms with Crippen LogP contribution in [0.3, 0.4) is 0 Å². The Bertz CT molecular complexity index is 1630. The van der Waals surface area contributed by atoms with Crippen LogP contribution in [-0.4, -0.2) is 49.3 Å². The molecule has 0 bridgehead atoms. The lowest BCUT2D eigenvalue weighted by molar-refractivity contribution is -0.130. The Kier molecular flexibility index (Phi) is 11.1. The zero-order valence-corrected chi connectivity index (χ0v) is 27.2. The number of benzene rings is 4. The van der Waals surface area contributed by atoms with Crippen molar-refractivity contribution in [2.75, 3.05) is 26.9 Å². The van der Waals surface area contributed by atoms with Crippen LogP contribution in [0.2, 0.25) is 5.02 Å². The number of hydrazine groups is 1. The number of aliphatic imine (C=N–C) groups is 1. The summed E-state index contributed by atoms with van der Waals surface area (Å²) in [5.74, 6) is 1.31. The number of ether oxygens (including phenoxy) is 3. The number of nitrogens with one attached hydrogen (secondary N) is 2. The van der Waals surface area contributed by atoms with E-state index >= 15 is 0 Å². The van der Waals surface area contributed by atoms with E-state index in [2.05, 4.69) is 26.8 Å². The molecular weight excluding hydrogens is 658 g/mol. The maximum atomic E-state index is 14.4. The molecule has 8 nitrogen and oxygen atoms in total. The van der Waals surface area contributed by atoms with Gasteiger partial charge >= 0.3 is 0 Å². The predicted molar refractivity (Wildman–Crippen MR) is 179 cm³/mol. The van der Waals surface area contributed by atoms with Gasteiger partial charge in [-0.25, -0.2) is 10.4 Å². The number of amides is 1. The molecule has 0 saturated heterocycles. The van der Waals surface area contributed by atoms with Crippen LogP contribution in [0.25, 0.3) is 0 Å². The maximum absolute atomic E-state index is 14.4. The van der Waals surface area contributed by atoms with Gasteiger partial charge in [-0.1, -0.05) is 70.0 Å². The molecule has 0 fully saturated rings. The van der Waals surface area contributed by atoms with Gasteiger partial charge < -0.3 is 19.3 Å². The Morgan fingerprint density at radius 3 is 2.58 bits per heavy atom. The van der Waals surface area contributed by atoms with E-state index in [9.17, 15) is 4.79 Å². The van der Waals surface area contributed by atoms with Crippen LogP contribution in [0.1, 0.15) is 34.8 Å². The van der Waals surface area contributed by atoms with Crippen molar-refractivity contribution in [2.24, 2.45) is 4.99 Å². The lowest BCUT2D eigenvalue weighted by atomic mass is 9.82. The van der Waals surface area contributed by atoms with E-state index in [4.69, 9.17) is 35.9 Å². The smallest absolute Gasteiger partial charge is 0.266 e. The first-order valence-electron chi connectivity index (χ1n) is 14.7. The second-order valence-electron chi connectivity index (χ2n) is 10.6. The van der Waals surface area contributed by atoms with E-state index in [0.717, 1.165) is 21.2 Å². The molecular formula is C35H35BrClN3O5. The quantitative estimate of drug-likeness (QED) is 0.107. The van der Waals surface area contributed by atoms with Gasteiger partial charge in [0.05, 0.1) is 13.7 Å². The summed E-state index contributed by atoms with van der Waals surface area (Å²) in [7, 11) is 1.60. The van der Waals surface area contributed by atoms with Crippen molar-refractivity contribution in [3.05, 3.63) is 129 Å². The minimum atomic E-state index is -1.38. The second-order valence-corrected chi connectivity index (χ2v) is 11.9. The molecule has 234 valence electrons. The van der Waals surface area contributed by atoms with E-state index < -0.39 is 11.6 Å². The zero-order valence-electron chi connectivity index (χ0n) is 24.8. The van der Waals surface area contributed by atoms with Gasteiger partial charge in [0.25, 0.3) is 5.91 Å². The van der Waals surface area contributed by atoms with Crippen molar-refractivity contribution >= 4 is 39.3 Å². The lowest BCUT2D eigenvalue weighted by Gasteiger charge is -2.31. The maximum Gasteiger partial charge on any atom is 0.266 e. The first-order chi connectivity index (χ1) is 21.9. The minimum absolute atomic E-state index is 0.0610. The van der Waals surface area contributed by atoms with Crippen LogP contribution in [0, 0.1) is 0 Å². The van der Waals surface area contributed by atoms with Gasteiger partial charge in [0.2, 0.25) is 5.90 Å². The highest BCUT2D eigenvalue weighted by atomic mass is 79.9. The highest BCUT2D eigenvalue weighted by molar-refractivity contribution is 9.10.